The van der Waals surface area contributed by atoms with Crippen molar-refractivity contribution < 1.29 is 0 Å². The predicted octanol–water partition coefficient (Wildman–Crippen LogP) is 8.20. The lowest BCUT2D eigenvalue weighted by Gasteiger charge is -2.15. The van der Waals surface area contributed by atoms with Gasteiger partial charge in [-0.25, -0.2) is 15.0 Å². The second kappa shape index (κ2) is 10.9. The molecule has 0 N–H and O–H groups in total. The Bertz CT molecular complexity index is 2310. The van der Waals surface area contributed by atoms with Gasteiger partial charge >= 0.3 is 0 Å². The van der Waals surface area contributed by atoms with E-state index in [9.17, 15) is 15.8 Å². The van der Waals surface area contributed by atoms with Gasteiger partial charge in [0.15, 0.2) is 5.82 Å². The molecule has 7 heteroatoms. The van der Waals surface area contributed by atoms with Gasteiger partial charge in [-0.05, 0) is 78.6 Å². The van der Waals surface area contributed by atoms with Crippen molar-refractivity contribution in [1.29, 1.82) is 15.8 Å². The van der Waals surface area contributed by atoms with Gasteiger partial charge in [0.05, 0.1) is 51.6 Å². The molecule has 0 amide bonds. The summed E-state index contributed by atoms with van der Waals surface area (Å²) < 4.78 is 2.16. The standard InChI is InChI=1S/C38H23N7/c1-23-42-24(2)44-38(43-23)34-17-25(20-39)11-16-35(34)45-36-18-26(30-9-5-3-7-28(30)21-40)12-14-32(36)33-15-13-27(19-37(33)45)31-10-6-4-8-29(31)22-41/h3-19H,1-2H3. The summed E-state index contributed by atoms with van der Waals surface area (Å²) in [7, 11) is 0. The second-order valence-corrected chi connectivity index (χ2v) is 10.7. The fraction of sp³-hybridized carbons (Fsp3) is 0.0526. The van der Waals surface area contributed by atoms with Crippen molar-refractivity contribution in [3.63, 3.8) is 0 Å². The minimum Gasteiger partial charge on any atom is -0.308 e. The van der Waals surface area contributed by atoms with Crippen LogP contribution in [0.25, 0.3) is 61.1 Å². The van der Waals surface area contributed by atoms with Crippen molar-refractivity contribution in [2.24, 2.45) is 0 Å². The number of aryl methyl sites for hydroxylation is 2. The largest absolute Gasteiger partial charge is 0.308 e. The van der Waals surface area contributed by atoms with Gasteiger partial charge < -0.3 is 4.57 Å². The second-order valence-electron chi connectivity index (χ2n) is 10.7. The molecule has 210 valence electrons. The van der Waals surface area contributed by atoms with Crippen LogP contribution in [0.4, 0.5) is 0 Å². The Morgan fingerprint density at radius 1 is 0.533 bits per heavy atom. The fourth-order valence-corrected chi connectivity index (χ4v) is 5.99. The van der Waals surface area contributed by atoms with E-state index in [1.165, 1.54) is 0 Å². The van der Waals surface area contributed by atoms with Gasteiger partial charge in [0.2, 0.25) is 0 Å². The van der Waals surface area contributed by atoms with Crippen LogP contribution in [0.2, 0.25) is 0 Å². The van der Waals surface area contributed by atoms with Crippen LogP contribution in [0.15, 0.2) is 103 Å². The third kappa shape index (κ3) is 4.64. The van der Waals surface area contributed by atoms with Crippen LogP contribution in [-0.4, -0.2) is 19.5 Å². The van der Waals surface area contributed by atoms with E-state index in [-0.39, 0.29) is 0 Å². The Balaban J connectivity index is 1.61. The summed E-state index contributed by atoms with van der Waals surface area (Å²) in [4.78, 5) is 13.7. The predicted molar refractivity (Wildman–Crippen MR) is 174 cm³/mol. The molecule has 45 heavy (non-hydrogen) atoms. The first-order valence-electron chi connectivity index (χ1n) is 14.3. The van der Waals surface area contributed by atoms with Gasteiger partial charge in [-0.1, -0.05) is 60.7 Å². The minimum atomic E-state index is 0.471. The molecule has 7 nitrogen and oxygen atoms in total. The first kappa shape index (κ1) is 27.2. The number of rotatable bonds is 4. The maximum Gasteiger partial charge on any atom is 0.165 e. The number of benzene rings is 5. The van der Waals surface area contributed by atoms with Crippen LogP contribution >= 0.6 is 0 Å². The molecule has 0 fully saturated rings. The summed E-state index contributed by atoms with van der Waals surface area (Å²) in [6, 6.07) is 40.0. The third-order valence-corrected chi connectivity index (χ3v) is 7.95. The number of fused-ring (bicyclic) bond motifs is 3. The molecule has 0 saturated carbocycles. The fourth-order valence-electron chi connectivity index (χ4n) is 5.99. The highest BCUT2D eigenvalue weighted by Gasteiger charge is 2.20. The lowest BCUT2D eigenvalue weighted by Crippen LogP contribution is -2.04. The van der Waals surface area contributed by atoms with E-state index in [0.29, 0.717) is 39.7 Å². The molecule has 2 heterocycles. The van der Waals surface area contributed by atoms with Gasteiger partial charge in [0.1, 0.15) is 11.6 Å². The summed E-state index contributed by atoms with van der Waals surface area (Å²) in [5.74, 6) is 1.64. The van der Waals surface area contributed by atoms with Gasteiger partial charge in [-0.3, -0.25) is 0 Å². The maximum atomic E-state index is 9.85. The summed E-state index contributed by atoms with van der Waals surface area (Å²) in [5, 5.41) is 31.6. The van der Waals surface area contributed by atoms with Gasteiger partial charge in [-0.2, -0.15) is 15.8 Å². The normalized spacial score (nSPS) is 10.8. The zero-order valence-corrected chi connectivity index (χ0v) is 24.4. The first-order chi connectivity index (χ1) is 22.0. The van der Waals surface area contributed by atoms with Crippen molar-refractivity contribution in [2.75, 3.05) is 0 Å². The molecule has 2 aromatic heterocycles. The molecule has 0 aliphatic carbocycles. The summed E-state index contributed by atoms with van der Waals surface area (Å²) >= 11 is 0. The maximum absolute atomic E-state index is 9.85. The van der Waals surface area contributed by atoms with E-state index in [1.54, 1.807) is 6.07 Å². The quantitative estimate of drug-likeness (QED) is 0.208. The average molecular weight is 578 g/mol. The molecule has 5 aromatic carbocycles. The molecule has 0 saturated heterocycles. The molecule has 7 aromatic rings. The number of aromatic nitrogens is 4. The van der Waals surface area contributed by atoms with Gasteiger partial charge in [0, 0.05) is 16.3 Å². The Morgan fingerprint density at radius 2 is 1.07 bits per heavy atom. The molecular weight excluding hydrogens is 554 g/mol. The SMILES string of the molecule is Cc1nc(C)nc(-c2cc(C#N)ccc2-n2c3cc(-c4ccccc4C#N)ccc3c3ccc(-c4ccccc4C#N)cc32)n1. The molecule has 0 radical (unpaired) electrons. The van der Waals surface area contributed by atoms with E-state index in [0.717, 1.165) is 49.7 Å². The molecule has 0 aliphatic rings. The van der Waals surface area contributed by atoms with Crippen molar-refractivity contribution in [2.45, 2.75) is 13.8 Å². The average Bonchev–Trinajstić information content (AvgIpc) is 3.40. The Kier molecular flexibility index (Phi) is 6.59. The molecule has 0 unspecified atom stereocenters. The number of nitrogens with zero attached hydrogens (tertiary/aromatic N) is 7. The van der Waals surface area contributed by atoms with Crippen molar-refractivity contribution >= 4 is 21.8 Å². The van der Waals surface area contributed by atoms with Crippen LogP contribution < -0.4 is 0 Å². The van der Waals surface area contributed by atoms with Crippen LogP contribution in [0.1, 0.15) is 28.3 Å². The van der Waals surface area contributed by atoms with Gasteiger partial charge in [0.25, 0.3) is 0 Å². The first-order valence-corrected chi connectivity index (χ1v) is 14.3. The van der Waals surface area contributed by atoms with Crippen LogP contribution in [0.5, 0.6) is 0 Å². The Hall–Kier alpha value is -6.62. The van der Waals surface area contributed by atoms with Crippen molar-refractivity contribution in [1.82, 2.24) is 19.5 Å². The van der Waals surface area contributed by atoms with Crippen molar-refractivity contribution in [3.8, 4) is 57.5 Å². The van der Waals surface area contributed by atoms with Crippen LogP contribution in [-0.2, 0) is 0 Å². The summed E-state index contributed by atoms with van der Waals surface area (Å²) in [6.45, 7) is 3.65. The number of nitriles is 3. The summed E-state index contributed by atoms with van der Waals surface area (Å²) in [6.07, 6.45) is 0. The number of hydrogen-bond acceptors (Lipinski definition) is 6. The number of hydrogen-bond donors (Lipinski definition) is 0. The summed E-state index contributed by atoms with van der Waals surface area (Å²) in [5.41, 5.74) is 8.44. The highest BCUT2D eigenvalue weighted by Crippen LogP contribution is 2.40. The smallest absolute Gasteiger partial charge is 0.165 e. The van der Waals surface area contributed by atoms with E-state index in [4.69, 9.17) is 0 Å². The lowest BCUT2D eigenvalue weighted by molar-refractivity contribution is 0.926. The van der Waals surface area contributed by atoms with Crippen LogP contribution in [0, 0.1) is 47.8 Å². The topological polar surface area (TPSA) is 115 Å². The monoisotopic (exact) mass is 577 g/mol. The molecule has 0 spiro atoms. The molecule has 0 bridgehead atoms. The Morgan fingerprint density at radius 3 is 1.58 bits per heavy atom. The zero-order chi connectivity index (χ0) is 31.1. The highest BCUT2D eigenvalue weighted by atomic mass is 15.0. The molecular formula is C38H23N7. The molecule has 0 aliphatic heterocycles. The van der Waals surface area contributed by atoms with E-state index in [2.05, 4.69) is 62.0 Å². The van der Waals surface area contributed by atoms with Gasteiger partial charge in [-0.15, -0.1) is 0 Å². The van der Waals surface area contributed by atoms with Crippen LogP contribution in [0.3, 0.4) is 0 Å². The highest BCUT2D eigenvalue weighted by molar-refractivity contribution is 6.11. The third-order valence-electron chi connectivity index (χ3n) is 7.95. The zero-order valence-electron chi connectivity index (χ0n) is 24.4. The molecule has 0 atom stereocenters. The van der Waals surface area contributed by atoms with Crippen molar-refractivity contribution in [3.05, 3.63) is 131 Å². The Labute approximate surface area is 259 Å². The minimum absolute atomic E-state index is 0.471. The van der Waals surface area contributed by atoms with E-state index in [1.807, 2.05) is 86.6 Å². The van der Waals surface area contributed by atoms with E-state index >= 15 is 0 Å². The van der Waals surface area contributed by atoms with E-state index < -0.39 is 0 Å². The lowest BCUT2D eigenvalue weighted by atomic mass is 9.98. The molecule has 7 rings (SSSR count).